The molecule has 0 amide bonds. The van der Waals surface area contributed by atoms with Crippen LogP contribution in [0, 0.1) is 0 Å². The third-order valence-corrected chi connectivity index (χ3v) is 6.10. The molecule has 34 heavy (non-hydrogen) atoms. The molecule has 0 aliphatic carbocycles. The minimum Gasteiger partial charge on any atom is -0.454 e. The maximum atomic E-state index is 6.28. The molecule has 2 saturated heterocycles. The Bertz CT molecular complexity index is 1240. The summed E-state index contributed by atoms with van der Waals surface area (Å²) < 4.78 is 17.3. The lowest BCUT2D eigenvalue weighted by molar-refractivity contribution is 0.0315. The molecule has 4 aromatic rings. The number of aromatic nitrogens is 4. The van der Waals surface area contributed by atoms with E-state index in [1.807, 2.05) is 42.5 Å². The number of nitrogens with one attached hydrogen (secondary N) is 2. The van der Waals surface area contributed by atoms with Crippen LogP contribution in [0.4, 0.5) is 17.6 Å². The Morgan fingerprint density at radius 3 is 2.47 bits per heavy atom. The van der Waals surface area contributed by atoms with Crippen LogP contribution in [0.3, 0.4) is 0 Å². The lowest BCUT2D eigenvalue weighted by Gasteiger charge is -2.27. The molecule has 6 rings (SSSR count). The van der Waals surface area contributed by atoms with Crippen LogP contribution in [0.2, 0.25) is 0 Å². The maximum Gasteiger partial charge on any atom is 0.231 e. The van der Waals surface area contributed by atoms with Crippen LogP contribution < -0.4 is 10.2 Å². The highest BCUT2D eigenvalue weighted by Crippen LogP contribution is 2.31. The topological polar surface area (TPSA) is 105 Å². The van der Waals surface area contributed by atoms with Crippen molar-refractivity contribution >= 4 is 28.7 Å². The van der Waals surface area contributed by atoms with Crippen molar-refractivity contribution in [2.24, 2.45) is 0 Å². The van der Waals surface area contributed by atoms with Crippen molar-refractivity contribution in [2.45, 2.75) is 6.54 Å². The zero-order chi connectivity index (χ0) is 22.7. The lowest BCUT2D eigenvalue weighted by Crippen LogP contribution is -2.37. The van der Waals surface area contributed by atoms with Crippen molar-refractivity contribution in [2.75, 3.05) is 62.8 Å². The van der Waals surface area contributed by atoms with Crippen molar-refractivity contribution in [3.05, 3.63) is 48.2 Å². The number of anilines is 3. The molecule has 2 N–H and O–H groups in total. The second kappa shape index (κ2) is 9.41. The van der Waals surface area contributed by atoms with Crippen LogP contribution in [-0.2, 0) is 16.0 Å². The SMILES string of the molecule is c1ccc(-c2cc(Nc3nc(N4CCOCC4)c4oc(CN5CCOCC5)cc4n3)n[nH]2)cc1. The summed E-state index contributed by atoms with van der Waals surface area (Å²) in [5.41, 5.74) is 3.48. The number of aromatic amines is 1. The Kier molecular flexibility index (Phi) is 5.84. The first-order valence-electron chi connectivity index (χ1n) is 11.6. The molecule has 0 atom stereocenters. The largest absolute Gasteiger partial charge is 0.454 e. The van der Waals surface area contributed by atoms with Crippen molar-refractivity contribution in [3.63, 3.8) is 0 Å². The van der Waals surface area contributed by atoms with E-state index in [-0.39, 0.29) is 0 Å². The lowest BCUT2D eigenvalue weighted by atomic mass is 10.2. The van der Waals surface area contributed by atoms with Crippen LogP contribution >= 0.6 is 0 Å². The summed E-state index contributed by atoms with van der Waals surface area (Å²) in [6.07, 6.45) is 0. The summed E-state index contributed by atoms with van der Waals surface area (Å²) in [7, 11) is 0. The molecule has 176 valence electrons. The molecule has 1 aromatic carbocycles. The van der Waals surface area contributed by atoms with Crippen LogP contribution in [0.25, 0.3) is 22.4 Å². The second-order valence-electron chi connectivity index (χ2n) is 8.44. The molecular weight excluding hydrogens is 434 g/mol. The molecule has 0 spiro atoms. The monoisotopic (exact) mass is 461 g/mol. The number of H-pyrrole nitrogens is 1. The average molecular weight is 462 g/mol. The number of morpholine rings is 2. The number of ether oxygens (including phenoxy) is 2. The standard InChI is InChI=1S/C24H27N7O3/c1-2-4-17(5-3-1)19-15-21(29-28-19)26-24-25-20-14-18(16-30-6-10-32-11-7-30)34-22(20)23(27-24)31-8-12-33-13-9-31/h1-5,14-15H,6-13,16H2,(H2,25,26,27,28,29). The molecule has 3 aromatic heterocycles. The van der Waals surface area contributed by atoms with Gasteiger partial charge < -0.3 is 24.1 Å². The fourth-order valence-electron chi connectivity index (χ4n) is 4.33. The molecule has 10 nitrogen and oxygen atoms in total. The smallest absolute Gasteiger partial charge is 0.231 e. The Labute approximate surface area is 196 Å². The number of rotatable bonds is 6. The van der Waals surface area contributed by atoms with Crippen molar-refractivity contribution in [3.8, 4) is 11.3 Å². The van der Waals surface area contributed by atoms with Gasteiger partial charge in [0.1, 0.15) is 11.3 Å². The molecule has 0 radical (unpaired) electrons. The zero-order valence-electron chi connectivity index (χ0n) is 18.9. The van der Waals surface area contributed by atoms with Gasteiger partial charge in [-0.1, -0.05) is 30.3 Å². The third kappa shape index (κ3) is 4.47. The van der Waals surface area contributed by atoms with Crippen LogP contribution in [0.1, 0.15) is 5.76 Å². The van der Waals surface area contributed by atoms with Crippen LogP contribution in [0.15, 0.2) is 46.9 Å². The minimum atomic E-state index is 0.485. The summed E-state index contributed by atoms with van der Waals surface area (Å²) in [6.45, 7) is 6.86. The van der Waals surface area contributed by atoms with Crippen molar-refractivity contribution in [1.29, 1.82) is 0 Å². The molecule has 0 bridgehead atoms. The summed E-state index contributed by atoms with van der Waals surface area (Å²) >= 11 is 0. The predicted molar refractivity (Wildman–Crippen MR) is 128 cm³/mol. The second-order valence-corrected chi connectivity index (χ2v) is 8.44. The van der Waals surface area contributed by atoms with Crippen molar-refractivity contribution in [1.82, 2.24) is 25.1 Å². The minimum absolute atomic E-state index is 0.485. The molecule has 0 saturated carbocycles. The Morgan fingerprint density at radius 2 is 1.68 bits per heavy atom. The zero-order valence-corrected chi connectivity index (χ0v) is 18.9. The molecule has 10 heteroatoms. The van der Waals surface area contributed by atoms with Gasteiger partial charge in [-0.15, -0.1) is 0 Å². The Morgan fingerprint density at radius 1 is 0.912 bits per heavy atom. The van der Waals surface area contributed by atoms with Gasteiger partial charge in [0.05, 0.1) is 38.7 Å². The summed E-state index contributed by atoms with van der Waals surface area (Å²) in [6, 6.07) is 14.0. The predicted octanol–water partition coefficient (Wildman–Crippen LogP) is 3.03. The molecular formula is C24H27N7O3. The van der Waals surface area contributed by atoms with E-state index in [0.29, 0.717) is 30.6 Å². The van der Waals surface area contributed by atoms with Crippen molar-refractivity contribution < 1.29 is 13.9 Å². The first kappa shape index (κ1) is 21.1. The van der Waals surface area contributed by atoms with Crippen LogP contribution in [0.5, 0.6) is 0 Å². The first-order valence-corrected chi connectivity index (χ1v) is 11.6. The number of hydrogen-bond acceptors (Lipinski definition) is 9. The van der Waals surface area contributed by atoms with Gasteiger partial charge in [-0.05, 0) is 5.56 Å². The molecule has 5 heterocycles. The normalized spacial score (nSPS) is 17.4. The number of fused-ring (bicyclic) bond motifs is 1. The summed E-state index contributed by atoms with van der Waals surface area (Å²) in [5.74, 6) is 2.80. The first-order chi connectivity index (χ1) is 16.8. The van der Waals surface area contributed by atoms with E-state index < -0.39 is 0 Å². The quantitative estimate of drug-likeness (QED) is 0.448. The number of nitrogens with zero attached hydrogens (tertiary/aromatic N) is 5. The highest BCUT2D eigenvalue weighted by atomic mass is 16.5. The highest BCUT2D eigenvalue weighted by Gasteiger charge is 2.22. The van der Waals surface area contributed by atoms with Gasteiger partial charge >= 0.3 is 0 Å². The number of furan rings is 1. The van der Waals surface area contributed by atoms with E-state index in [1.54, 1.807) is 0 Å². The Hall–Kier alpha value is -3.47. The van der Waals surface area contributed by atoms with E-state index in [2.05, 4.69) is 25.3 Å². The van der Waals surface area contributed by atoms with E-state index in [1.165, 1.54) is 0 Å². The number of hydrogen-bond donors (Lipinski definition) is 2. The summed E-state index contributed by atoms with van der Waals surface area (Å²) in [4.78, 5) is 14.1. The molecule has 2 aliphatic heterocycles. The fourth-order valence-corrected chi connectivity index (χ4v) is 4.33. The highest BCUT2D eigenvalue weighted by molar-refractivity contribution is 5.86. The molecule has 2 fully saturated rings. The average Bonchev–Trinajstić information content (AvgIpc) is 3.52. The van der Waals surface area contributed by atoms with Gasteiger partial charge in [0.25, 0.3) is 0 Å². The molecule has 2 aliphatic rings. The van der Waals surface area contributed by atoms with E-state index in [4.69, 9.17) is 23.9 Å². The van der Waals surface area contributed by atoms with Gasteiger partial charge in [-0.25, -0.2) is 4.98 Å². The van der Waals surface area contributed by atoms with Gasteiger partial charge in [-0.2, -0.15) is 10.1 Å². The number of benzene rings is 1. The van der Waals surface area contributed by atoms with Gasteiger partial charge in [0, 0.05) is 38.3 Å². The molecule has 0 unspecified atom stereocenters. The van der Waals surface area contributed by atoms with Gasteiger partial charge in [-0.3, -0.25) is 10.00 Å². The Balaban J connectivity index is 1.31. The maximum absolute atomic E-state index is 6.28. The fraction of sp³-hybridized carbons (Fsp3) is 0.375. The van der Waals surface area contributed by atoms with E-state index in [0.717, 1.165) is 74.3 Å². The van der Waals surface area contributed by atoms with E-state index in [9.17, 15) is 0 Å². The van der Waals surface area contributed by atoms with Gasteiger partial charge in [0.15, 0.2) is 17.2 Å². The third-order valence-electron chi connectivity index (χ3n) is 6.10. The summed E-state index contributed by atoms with van der Waals surface area (Å²) in [5, 5.41) is 10.7. The van der Waals surface area contributed by atoms with Gasteiger partial charge in [0.2, 0.25) is 5.95 Å². The van der Waals surface area contributed by atoms with E-state index >= 15 is 0 Å². The van der Waals surface area contributed by atoms with Crippen LogP contribution in [-0.4, -0.2) is 77.7 Å².